The molecule has 0 bridgehead atoms. The van der Waals surface area contributed by atoms with Gasteiger partial charge in [-0.3, -0.25) is 0 Å². The van der Waals surface area contributed by atoms with E-state index < -0.39 is 0 Å². The molecule has 0 aliphatic heterocycles. The van der Waals surface area contributed by atoms with Crippen molar-refractivity contribution in [1.29, 1.82) is 0 Å². The third kappa shape index (κ3) is 4.43. The molecule has 2 rings (SSSR count). The SMILES string of the molecule is Brc1ccc(NCCC2CCCCC2)cc1I. The van der Waals surface area contributed by atoms with Crippen LogP contribution in [0.1, 0.15) is 38.5 Å². The van der Waals surface area contributed by atoms with E-state index in [0.717, 1.165) is 12.5 Å². The second-order valence-electron chi connectivity index (χ2n) is 4.85. The van der Waals surface area contributed by atoms with E-state index in [1.807, 2.05) is 0 Å². The summed E-state index contributed by atoms with van der Waals surface area (Å²) in [6.07, 6.45) is 8.56. The fourth-order valence-electron chi connectivity index (χ4n) is 2.50. The van der Waals surface area contributed by atoms with Gasteiger partial charge in [-0.25, -0.2) is 0 Å². The maximum absolute atomic E-state index is 3.53. The predicted octanol–water partition coefficient (Wildman–Crippen LogP) is 5.44. The molecule has 3 heteroatoms. The molecule has 1 N–H and O–H groups in total. The number of nitrogens with one attached hydrogen (secondary N) is 1. The summed E-state index contributed by atoms with van der Waals surface area (Å²) in [4.78, 5) is 0. The van der Waals surface area contributed by atoms with E-state index in [9.17, 15) is 0 Å². The van der Waals surface area contributed by atoms with Crippen LogP contribution < -0.4 is 5.32 Å². The van der Waals surface area contributed by atoms with Gasteiger partial charge in [0.05, 0.1) is 0 Å². The third-order valence-electron chi connectivity index (χ3n) is 3.53. The first-order chi connectivity index (χ1) is 8.25. The summed E-state index contributed by atoms with van der Waals surface area (Å²) in [6, 6.07) is 6.46. The topological polar surface area (TPSA) is 12.0 Å². The summed E-state index contributed by atoms with van der Waals surface area (Å²) < 4.78 is 2.45. The van der Waals surface area contributed by atoms with Crippen LogP contribution in [0.3, 0.4) is 0 Å². The van der Waals surface area contributed by atoms with Gasteiger partial charge in [-0.05, 0) is 69.1 Å². The Morgan fingerprint density at radius 1 is 1.24 bits per heavy atom. The number of hydrogen-bond donors (Lipinski definition) is 1. The van der Waals surface area contributed by atoms with E-state index in [1.165, 1.54) is 52.3 Å². The van der Waals surface area contributed by atoms with Crippen molar-refractivity contribution in [1.82, 2.24) is 0 Å². The maximum atomic E-state index is 3.53. The van der Waals surface area contributed by atoms with Crippen molar-refractivity contribution < 1.29 is 0 Å². The monoisotopic (exact) mass is 407 g/mol. The molecular formula is C14H19BrIN. The van der Waals surface area contributed by atoms with Gasteiger partial charge in [0.25, 0.3) is 0 Å². The molecule has 1 aromatic carbocycles. The van der Waals surface area contributed by atoms with E-state index in [-0.39, 0.29) is 0 Å². The van der Waals surface area contributed by atoms with Crippen molar-refractivity contribution in [3.63, 3.8) is 0 Å². The van der Waals surface area contributed by atoms with Crippen molar-refractivity contribution in [3.05, 3.63) is 26.2 Å². The minimum absolute atomic E-state index is 0.964. The Balaban J connectivity index is 1.75. The van der Waals surface area contributed by atoms with Crippen LogP contribution >= 0.6 is 38.5 Å². The molecule has 0 radical (unpaired) electrons. The first-order valence-electron chi connectivity index (χ1n) is 6.44. The standard InChI is InChI=1S/C14H19BrIN/c15-13-7-6-12(10-14(13)16)17-9-8-11-4-2-1-3-5-11/h6-7,10-11,17H,1-5,8-9H2. The Morgan fingerprint density at radius 2 is 2.00 bits per heavy atom. The minimum atomic E-state index is 0.964. The molecule has 1 nitrogen and oxygen atoms in total. The lowest BCUT2D eigenvalue weighted by Crippen LogP contribution is -2.12. The molecule has 0 unspecified atom stereocenters. The van der Waals surface area contributed by atoms with E-state index in [4.69, 9.17) is 0 Å². The van der Waals surface area contributed by atoms with Gasteiger partial charge in [0, 0.05) is 20.3 Å². The highest BCUT2D eigenvalue weighted by Crippen LogP contribution is 2.27. The molecule has 0 spiro atoms. The van der Waals surface area contributed by atoms with Gasteiger partial charge in [-0.1, -0.05) is 32.1 Å². The summed E-state index contributed by atoms with van der Waals surface area (Å²) in [5.74, 6) is 0.964. The third-order valence-corrected chi connectivity index (χ3v) is 5.85. The molecular weight excluding hydrogens is 389 g/mol. The number of benzene rings is 1. The molecule has 0 heterocycles. The number of anilines is 1. The van der Waals surface area contributed by atoms with Crippen LogP contribution in [0.4, 0.5) is 5.69 Å². The fourth-order valence-corrected chi connectivity index (χ4v) is 3.26. The second kappa shape index (κ2) is 6.98. The Bertz CT molecular complexity index is 361. The van der Waals surface area contributed by atoms with Crippen LogP contribution in [0.5, 0.6) is 0 Å². The predicted molar refractivity (Wildman–Crippen MR) is 86.5 cm³/mol. The molecule has 0 atom stereocenters. The average molecular weight is 408 g/mol. The van der Waals surface area contributed by atoms with E-state index in [1.54, 1.807) is 0 Å². The summed E-state index contributed by atoms with van der Waals surface area (Å²) >= 11 is 5.88. The number of hydrogen-bond acceptors (Lipinski definition) is 1. The molecule has 1 fully saturated rings. The molecule has 1 aromatic rings. The molecule has 0 amide bonds. The molecule has 1 aliphatic carbocycles. The Kier molecular flexibility index (Phi) is 5.60. The lowest BCUT2D eigenvalue weighted by Gasteiger charge is -2.21. The van der Waals surface area contributed by atoms with Gasteiger partial charge in [0.1, 0.15) is 0 Å². The second-order valence-corrected chi connectivity index (χ2v) is 6.86. The van der Waals surface area contributed by atoms with Gasteiger partial charge in [-0.15, -0.1) is 0 Å². The summed E-state index contributed by atoms with van der Waals surface area (Å²) in [5, 5.41) is 3.53. The molecule has 0 aromatic heterocycles. The summed E-state index contributed by atoms with van der Waals surface area (Å²) in [5.41, 5.74) is 1.24. The lowest BCUT2D eigenvalue weighted by atomic mass is 9.87. The van der Waals surface area contributed by atoms with Crippen LogP contribution in [0, 0.1) is 9.49 Å². The summed E-state index contributed by atoms with van der Waals surface area (Å²) in [7, 11) is 0. The minimum Gasteiger partial charge on any atom is -0.385 e. The molecule has 1 aliphatic rings. The Morgan fingerprint density at radius 3 is 2.71 bits per heavy atom. The molecule has 0 saturated heterocycles. The highest BCUT2D eigenvalue weighted by Gasteiger charge is 2.12. The van der Waals surface area contributed by atoms with Crippen molar-refractivity contribution in [2.45, 2.75) is 38.5 Å². The van der Waals surface area contributed by atoms with Crippen LogP contribution in [-0.2, 0) is 0 Å². The van der Waals surface area contributed by atoms with Crippen LogP contribution in [-0.4, -0.2) is 6.54 Å². The van der Waals surface area contributed by atoms with Crippen LogP contribution in [0.15, 0.2) is 22.7 Å². The maximum Gasteiger partial charge on any atom is 0.0351 e. The smallest absolute Gasteiger partial charge is 0.0351 e. The normalized spacial score (nSPS) is 17.1. The van der Waals surface area contributed by atoms with Crippen LogP contribution in [0.25, 0.3) is 0 Å². The van der Waals surface area contributed by atoms with Gasteiger partial charge in [-0.2, -0.15) is 0 Å². The zero-order valence-corrected chi connectivity index (χ0v) is 13.8. The first-order valence-corrected chi connectivity index (χ1v) is 8.32. The zero-order valence-electron chi connectivity index (χ0n) is 10.0. The van der Waals surface area contributed by atoms with Gasteiger partial charge in [0.2, 0.25) is 0 Å². The van der Waals surface area contributed by atoms with Crippen molar-refractivity contribution in [2.75, 3.05) is 11.9 Å². The largest absolute Gasteiger partial charge is 0.385 e. The molecule has 1 saturated carbocycles. The summed E-state index contributed by atoms with van der Waals surface area (Å²) in [6.45, 7) is 1.11. The number of rotatable bonds is 4. The van der Waals surface area contributed by atoms with Crippen molar-refractivity contribution >= 4 is 44.2 Å². The van der Waals surface area contributed by atoms with Crippen molar-refractivity contribution in [2.24, 2.45) is 5.92 Å². The van der Waals surface area contributed by atoms with Gasteiger partial charge in [0.15, 0.2) is 0 Å². The molecule has 94 valence electrons. The van der Waals surface area contributed by atoms with Crippen LogP contribution in [0.2, 0.25) is 0 Å². The highest BCUT2D eigenvalue weighted by atomic mass is 127. The first kappa shape index (κ1) is 13.7. The van der Waals surface area contributed by atoms with Gasteiger partial charge < -0.3 is 5.32 Å². The Labute approximate surface area is 126 Å². The van der Waals surface area contributed by atoms with E-state index in [0.29, 0.717) is 0 Å². The Hall–Kier alpha value is 0.230. The number of halogens is 2. The fraction of sp³-hybridized carbons (Fsp3) is 0.571. The van der Waals surface area contributed by atoms with Gasteiger partial charge >= 0.3 is 0 Å². The zero-order chi connectivity index (χ0) is 12.1. The quantitative estimate of drug-likeness (QED) is 0.655. The van der Waals surface area contributed by atoms with Crippen molar-refractivity contribution in [3.8, 4) is 0 Å². The average Bonchev–Trinajstić information content (AvgIpc) is 2.35. The highest BCUT2D eigenvalue weighted by molar-refractivity contribution is 14.1. The lowest BCUT2D eigenvalue weighted by molar-refractivity contribution is 0.345. The van der Waals surface area contributed by atoms with E-state index in [2.05, 4.69) is 62.0 Å². The molecule has 17 heavy (non-hydrogen) atoms. The van der Waals surface area contributed by atoms with E-state index >= 15 is 0 Å².